The number of nitrogens with one attached hydrogen (secondary N) is 1. The van der Waals surface area contributed by atoms with Crippen LogP contribution in [0.3, 0.4) is 0 Å². The number of nitrogens with two attached hydrogens (primary N) is 1. The molecule has 0 saturated heterocycles. The van der Waals surface area contributed by atoms with E-state index in [0.717, 1.165) is 11.1 Å². The maximum atomic E-state index is 11.4. The Morgan fingerprint density at radius 3 is 2.03 bits per heavy atom. The molecule has 8 heteroatoms. The Balaban J connectivity index is 2.35. The minimum atomic E-state index is -0.918. The summed E-state index contributed by atoms with van der Waals surface area (Å²) in [7, 11) is 6.18. The van der Waals surface area contributed by atoms with E-state index in [-0.39, 0.29) is 0 Å². The van der Waals surface area contributed by atoms with Gasteiger partial charge >= 0.3 is 0 Å². The van der Waals surface area contributed by atoms with Crippen LogP contribution in [0.5, 0.6) is 23.0 Å². The SMILES string of the molecule is COc1ccc(/C=C\c2cc(OC)c(OC)c(OC)c2)cc1N[C@@H](CO)C(N)=O. The Kier molecular flexibility index (Phi) is 7.73. The van der Waals surface area contributed by atoms with Crippen molar-refractivity contribution in [2.75, 3.05) is 40.4 Å². The highest BCUT2D eigenvalue weighted by molar-refractivity contribution is 5.84. The van der Waals surface area contributed by atoms with Crippen LogP contribution in [-0.4, -0.2) is 52.1 Å². The number of amides is 1. The number of anilines is 1. The van der Waals surface area contributed by atoms with E-state index in [1.54, 1.807) is 33.5 Å². The second-order valence-electron chi connectivity index (χ2n) is 6.03. The number of carbonyl (C=O) groups is 1. The van der Waals surface area contributed by atoms with E-state index < -0.39 is 18.6 Å². The van der Waals surface area contributed by atoms with Gasteiger partial charge in [-0.05, 0) is 35.4 Å². The molecule has 0 radical (unpaired) electrons. The van der Waals surface area contributed by atoms with E-state index in [9.17, 15) is 9.90 Å². The third kappa shape index (κ3) is 5.32. The van der Waals surface area contributed by atoms with Crippen LogP contribution in [-0.2, 0) is 4.79 Å². The van der Waals surface area contributed by atoms with E-state index in [2.05, 4.69) is 5.32 Å². The molecule has 0 aromatic heterocycles. The van der Waals surface area contributed by atoms with Crippen LogP contribution in [0.1, 0.15) is 11.1 Å². The lowest BCUT2D eigenvalue weighted by Crippen LogP contribution is -2.38. The zero-order valence-electron chi connectivity index (χ0n) is 16.9. The van der Waals surface area contributed by atoms with Crippen LogP contribution in [0.25, 0.3) is 12.2 Å². The zero-order chi connectivity index (χ0) is 21.4. The van der Waals surface area contributed by atoms with Crippen molar-refractivity contribution in [3.8, 4) is 23.0 Å². The Bertz CT molecular complexity index is 856. The van der Waals surface area contributed by atoms with Crippen molar-refractivity contribution in [2.45, 2.75) is 6.04 Å². The molecule has 2 rings (SSSR count). The molecule has 0 bridgehead atoms. The minimum Gasteiger partial charge on any atom is -0.495 e. The minimum absolute atomic E-state index is 0.427. The Morgan fingerprint density at radius 2 is 1.55 bits per heavy atom. The average Bonchev–Trinajstić information content (AvgIpc) is 2.74. The standard InChI is InChI=1S/C21H26N2O6/c1-26-17-8-7-13(9-15(17)23-16(12-24)21(22)25)5-6-14-10-18(27-2)20(29-4)19(11-14)28-3/h5-11,16,23-24H,12H2,1-4H3,(H2,22,25)/b6-5-/t16-/m0/s1. The van der Waals surface area contributed by atoms with Gasteiger partial charge in [-0.1, -0.05) is 18.2 Å². The molecular formula is C21H26N2O6. The van der Waals surface area contributed by atoms with Gasteiger partial charge in [0.1, 0.15) is 11.8 Å². The van der Waals surface area contributed by atoms with Crippen LogP contribution < -0.4 is 30.0 Å². The molecule has 2 aromatic carbocycles. The molecule has 1 amide bonds. The van der Waals surface area contributed by atoms with Gasteiger partial charge in [-0.3, -0.25) is 4.79 Å². The fourth-order valence-corrected chi connectivity index (χ4v) is 2.73. The summed E-state index contributed by atoms with van der Waals surface area (Å²) in [5.74, 6) is 1.49. The van der Waals surface area contributed by atoms with Crippen molar-refractivity contribution in [3.63, 3.8) is 0 Å². The predicted octanol–water partition coefficient (Wildman–Crippen LogP) is 2.15. The van der Waals surface area contributed by atoms with Gasteiger partial charge in [0, 0.05) is 0 Å². The van der Waals surface area contributed by atoms with E-state index in [1.807, 2.05) is 30.4 Å². The summed E-state index contributed by atoms with van der Waals surface area (Å²) in [5, 5.41) is 12.2. The molecule has 156 valence electrons. The lowest BCUT2D eigenvalue weighted by atomic mass is 10.1. The normalized spacial score (nSPS) is 11.8. The van der Waals surface area contributed by atoms with Gasteiger partial charge < -0.3 is 35.1 Å². The van der Waals surface area contributed by atoms with Crippen molar-refractivity contribution in [3.05, 3.63) is 41.5 Å². The molecule has 0 aliphatic rings. The van der Waals surface area contributed by atoms with Gasteiger partial charge in [0.2, 0.25) is 11.7 Å². The zero-order valence-corrected chi connectivity index (χ0v) is 16.9. The molecule has 0 fully saturated rings. The molecule has 0 aliphatic heterocycles. The number of benzene rings is 2. The fraction of sp³-hybridized carbons (Fsp3) is 0.286. The fourth-order valence-electron chi connectivity index (χ4n) is 2.73. The quantitative estimate of drug-likeness (QED) is 0.522. The first kappa shape index (κ1) is 21.9. The van der Waals surface area contributed by atoms with Gasteiger partial charge in [0.05, 0.1) is 40.7 Å². The average molecular weight is 402 g/mol. The maximum Gasteiger partial charge on any atom is 0.242 e. The first-order chi connectivity index (χ1) is 14.0. The Hall–Kier alpha value is -3.39. The summed E-state index contributed by atoms with van der Waals surface area (Å²) < 4.78 is 21.4. The van der Waals surface area contributed by atoms with Gasteiger partial charge in [0.15, 0.2) is 11.5 Å². The van der Waals surface area contributed by atoms with Crippen LogP contribution in [0.2, 0.25) is 0 Å². The van der Waals surface area contributed by atoms with E-state index in [1.165, 1.54) is 7.11 Å². The summed E-state index contributed by atoms with van der Waals surface area (Å²) in [6.45, 7) is -0.427. The van der Waals surface area contributed by atoms with E-state index >= 15 is 0 Å². The van der Waals surface area contributed by atoms with Crippen molar-refractivity contribution >= 4 is 23.7 Å². The summed E-state index contributed by atoms with van der Waals surface area (Å²) in [5.41, 5.74) is 7.51. The Labute approximate surface area is 169 Å². The first-order valence-corrected chi connectivity index (χ1v) is 8.80. The highest BCUT2D eigenvalue weighted by Crippen LogP contribution is 2.38. The monoisotopic (exact) mass is 402 g/mol. The third-order valence-corrected chi connectivity index (χ3v) is 4.23. The largest absolute Gasteiger partial charge is 0.495 e. The van der Waals surface area contributed by atoms with Crippen molar-refractivity contribution < 1.29 is 28.8 Å². The topological polar surface area (TPSA) is 112 Å². The molecule has 4 N–H and O–H groups in total. The summed E-state index contributed by atoms with van der Waals surface area (Å²) >= 11 is 0. The second-order valence-corrected chi connectivity index (χ2v) is 6.03. The van der Waals surface area contributed by atoms with E-state index in [4.69, 9.17) is 24.7 Å². The number of hydrogen-bond acceptors (Lipinski definition) is 7. The number of hydrogen-bond donors (Lipinski definition) is 3. The molecule has 8 nitrogen and oxygen atoms in total. The number of aliphatic hydroxyl groups excluding tert-OH is 1. The molecule has 1 atom stereocenters. The van der Waals surface area contributed by atoms with Gasteiger partial charge in [-0.2, -0.15) is 0 Å². The van der Waals surface area contributed by atoms with E-state index in [0.29, 0.717) is 28.7 Å². The number of carbonyl (C=O) groups excluding carboxylic acids is 1. The summed E-state index contributed by atoms with van der Waals surface area (Å²) in [4.78, 5) is 11.4. The highest BCUT2D eigenvalue weighted by Gasteiger charge is 2.16. The molecule has 0 heterocycles. The number of rotatable bonds is 10. The number of primary amides is 1. The van der Waals surface area contributed by atoms with Crippen molar-refractivity contribution in [1.82, 2.24) is 0 Å². The molecule has 2 aromatic rings. The number of aliphatic hydroxyl groups is 1. The molecule has 0 spiro atoms. The maximum absolute atomic E-state index is 11.4. The van der Waals surface area contributed by atoms with Gasteiger partial charge in [0.25, 0.3) is 0 Å². The van der Waals surface area contributed by atoms with Crippen LogP contribution in [0.4, 0.5) is 5.69 Å². The molecule has 0 unspecified atom stereocenters. The van der Waals surface area contributed by atoms with Crippen molar-refractivity contribution in [1.29, 1.82) is 0 Å². The first-order valence-electron chi connectivity index (χ1n) is 8.80. The Morgan fingerprint density at radius 1 is 0.966 bits per heavy atom. The molecule has 29 heavy (non-hydrogen) atoms. The van der Waals surface area contributed by atoms with Gasteiger partial charge in [-0.25, -0.2) is 0 Å². The van der Waals surface area contributed by atoms with Crippen LogP contribution in [0, 0.1) is 0 Å². The van der Waals surface area contributed by atoms with Crippen LogP contribution in [0.15, 0.2) is 30.3 Å². The lowest BCUT2D eigenvalue weighted by Gasteiger charge is -2.17. The highest BCUT2D eigenvalue weighted by atomic mass is 16.5. The summed E-state index contributed by atoms with van der Waals surface area (Å²) in [6.07, 6.45) is 3.76. The molecular weight excluding hydrogens is 376 g/mol. The second kappa shape index (κ2) is 10.2. The summed E-state index contributed by atoms with van der Waals surface area (Å²) in [6, 6.07) is 8.14. The smallest absolute Gasteiger partial charge is 0.242 e. The van der Waals surface area contributed by atoms with Crippen LogP contribution >= 0.6 is 0 Å². The van der Waals surface area contributed by atoms with Gasteiger partial charge in [-0.15, -0.1) is 0 Å². The third-order valence-electron chi connectivity index (χ3n) is 4.23. The lowest BCUT2D eigenvalue weighted by molar-refractivity contribution is -0.119. The molecule has 0 aliphatic carbocycles. The molecule has 0 saturated carbocycles. The number of ether oxygens (including phenoxy) is 4. The number of methoxy groups -OCH3 is 4. The van der Waals surface area contributed by atoms with Crippen molar-refractivity contribution in [2.24, 2.45) is 5.73 Å². The predicted molar refractivity (Wildman–Crippen MR) is 112 cm³/mol.